The minimum Gasteiger partial charge on any atom is -0.331 e. The van der Waals surface area contributed by atoms with Crippen LogP contribution in [0, 0.1) is 13.8 Å². The number of nitrogens with one attached hydrogen (secondary N) is 1. The number of rotatable bonds is 3. The van der Waals surface area contributed by atoms with Crippen LogP contribution in [0.2, 0.25) is 0 Å². The fourth-order valence-electron chi connectivity index (χ4n) is 3.15. The van der Waals surface area contributed by atoms with E-state index >= 15 is 0 Å². The number of benzene rings is 1. The number of aromatic nitrogens is 2. The Morgan fingerprint density at radius 2 is 2.04 bits per heavy atom. The van der Waals surface area contributed by atoms with Crippen molar-refractivity contribution >= 4 is 6.03 Å². The lowest BCUT2D eigenvalue weighted by atomic mass is 9.96. The van der Waals surface area contributed by atoms with Gasteiger partial charge in [0.15, 0.2) is 0 Å². The monoisotopic (exact) mass is 310 g/mol. The van der Waals surface area contributed by atoms with Gasteiger partial charge < -0.3 is 10.2 Å². The maximum atomic E-state index is 12.6. The van der Waals surface area contributed by atoms with Crippen molar-refractivity contribution in [3.05, 3.63) is 59.2 Å². The molecule has 1 saturated heterocycles. The van der Waals surface area contributed by atoms with Gasteiger partial charge in [0.25, 0.3) is 0 Å². The summed E-state index contributed by atoms with van der Waals surface area (Å²) in [5.41, 5.74) is 3.81. The van der Waals surface area contributed by atoms with E-state index in [9.17, 15) is 4.79 Å². The van der Waals surface area contributed by atoms with Crippen molar-refractivity contribution in [2.75, 3.05) is 6.54 Å². The van der Waals surface area contributed by atoms with Gasteiger partial charge in [-0.05, 0) is 49.4 Å². The summed E-state index contributed by atoms with van der Waals surface area (Å²) in [5.74, 6) is 0.628. The molecule has 2 amide bonds. The molecule has 120 valence electrons. The minimum atomic E-state index is -0.0409. The number of hydrogen-bond donors (Lipinski definition) is 1. The SMILES string of the molecule is Cc1cccc(C2CCCN2C(=O)NCc2ncccn2)c1C. The summed E-state index contributed by atoms with van der Waals surface area (Å²) in [7, 11) is 0. The van der Waals surface area contributed by atoms with Crippen molar-refractivity contribution in [1.82, 2.24) is 20.2 Å². The van der Waals surface area contributed by atoms with E-state index < -0.39 is 0 Å². The first-order valence-electron chi connectivity index (χ1n) is 8.03. The highest BCUT2D eigenvalue weighted by Gasteiger charge is 2.30. The summed E-state index contributed by atoms with van der Waals surface area (Å²) in [4.78, 5) is 22.8. The van der Waals surface area contributed by atoms with Crippen molar-refractivity contribution < 1.29 is 4.79 Å². The summed E-state index contributed by atoms with van der Waals surface area (Å²) in [6.07, 6.45) is 5.42. The number of aryl methyl sites for hydroxylation is 1. The smallest absolute Gasteiger partial charge is 0.318 e. The zero-order valence-corrected chi connectivity index (χ0v) is 13.6. The number of nitrogens with zero attached hydrogens (tertiary/aromatic N) is 3. The van der Waals surface area contributed by atoms with Crippen molar-refractivity contribution in [2.24, 2.45) is 0 Å². The number of hydrogen-bond acceptors (Lipinski definition) is 3. The maximum Gasteiger partial charge on any atom is 0.318 e. The summed E-state index contributed by atoms with van der Waals surface area (Å²) >= 11 is 0. The van der Waals surface area contributed by atoms with Gasteiger partial charge in [0, 0.05) is 18.9 Å². The van der Waals surface area contributed by atoms with Gasteiger partial charge in [-0.25, -0.2) is 14.8 Å². The van der Waals surface area contributed by atoms with Crippen LogP contribution in [0.3, 0.4) is 0 Å². The minimum absolute atomic E-state index is 0.0409. The van der Waals surface area contributed by atoms with Crippen LogP contribution < -0.4 is 5.32 Å². The average Bonchev–Trinajstić information content (AvgIpc) is 3.05. The molecule has 1 fully saturated rings. The normalized spacial score (nSPS) is 17.3. The molecule has 0 bridgehead atoms. The van der Waals surface area contributed by atoms with E-state index in [1.54, 1.807) is 18.5 Å². The van der Waals surface area contributed by atoms with Gasteiger partial charge >= 0.3 is 6.03 Å². The van der Waals surface area contributed by atoms with E-state index in [0.29, 0.717) is 12.4 Å². The molecule has 0 saturated carbocycles. The number of urea groups is 1. The van der Waals surface area contributed by atoms with Gasteiger partial charge in [-0.1, -0.05) is 18.2 Å². The Balaban J connectivity index is 1.71. The number of likely N-dealkylation sites (tertiary alicyclic amines) is 1. The van der Waals surface area contributed by atoms with Crippen molar-refractivity contribution in [3.63, 3.8) is 0 Å². The molecular formula is C18H22N4O. The van der Waals surface area contributed by atoms with E-state index in [1.165, 1.54) is 16.7 Å². The molecule has 3 rings (SSSR count). The van der Waals surface area contributed by atoms with Gasteiger partial charge in [0.2, 0.25) is 0 Å². The zero-order valence-electron chi connectivity index (χ0n) is 13.6. The molecule has 1 aliphatic rings. The molecule has 0 radical (unpaired) electrons. The van der Waals surface area contributed by atoms with Crippen LogP contribution in [0.1, 0.15) is 41.4 Å². The fraction of sp³-hybridized carbons (Fsp3) is 0.389. The van der Waals surface area contributed by atoms with Gasteiger partial charge in [-0.3, -0.25) is 0 Å². The second-order valence-electron chi connectivity index (χ2n) is 5.96. The molecule has 1 aromatic carbocycles. The molecule has 1 aromatic heterocycles. The van der Waals surface area contributed by atoms with Crippen LogP contribution in [-0.2, 0) is 6.54 Å². The van der Waals surface area contributed by atoms with Gasteiger partial charge in [0.05, 0.1) is 12.6 Å². The average molecular weight is 310 g/mol. The van der Waals surface area contributed by atoms with Crippen LogP contribution in [0.5, 0.6) is 0 Å². The molecule has 0 spiro atoms. The number of carbonyl (C=O) groups excluding carboxylic acids is 1. The molecule has 0 aliphatic carbocycles. The van der Waals surface area contributed by atoms with E-state index in [-0.39, 0.29) is 12.1 Å². The summed E-state index contributed by atoms with van der Waals surface area (Å²) in [5, 5.41) is 2.94. The number of amides is 2. The molecular weight excluding hydrogens is 288 g/mol. The molecule has 5 nitrogen and oxygen atoms in total. The van der Waals surface area contributed by atoms with E-state index in [0.717, 1.165) is 19.4 Å². The highest BCUT2D eigenvalue weighted by atomic mass is 16.2. The first-order chi connectivity index (χ1) is 11.2. The zero-order chi connectivity index (χ0) is 16.2. The van der Waals surface area contributed by atoms with E-state index in [2.05, 4.69) is 47.3 Å². The lowest BCUT2D eigenvalue weighted by molar-refractivity contribution is 0.192. The molecule has 1 atom stereocenters. The Labute approximate surface area is 136 Å². The van der Waals surface area contributed by atoms with Crippen LogP contribution in [0.25, 0.3) is 0 Å². The molecule has 2 aromatic rings. The van der Waals surface area contributed by atoms with Gasteiger partial charge in [-0.2, -0.15) is 0 Å². The molecule has 2 heterocycles. The largest absolute Gasteiger partial charge is 0.331 e. The highest BCUT2D eigenvalue weighted by Crippen LogP contribution is 2.34. The van der Waals surface area contributed by atoms with Crippen molar-refractivity contribution in [1.29, 1.82) is 0 Å². The van der Waals surface area contributed by atoms with E-state index in [4.69, 9.17) is 0 Å². The molecule has 1 aliphatic heterocycles. The third-order valence-corrected chi connectivity index (χ3v) is 4.54. The van der Waals surface area contributed by atoms with Crippen molar-refractivity contribution in [2.45, 2.75) is 39.3 Å². The predicted octanol–water partition coefficient (Wildman–Crippen LogP) is 3.14. The number of carbonyl (C=O) groups is 1. The lowest BCUT2D eigenvalue weighted by Gasteiger charge is -2.27. The Kier molecular flexibility index (Phi) is 4.55. The summed E-state index contributed by atoms with van der Waals surface area (Å²) in [6.45, 7) is 5.40. The molecule has 1 N–H and O–H groups in total. The van der Waals surface area contributed by atoms with Gasteiger partial charge in [-0.15, -0.1) is 0 Å². The highest BCUT2D eigenvalue weighted by molar-refractivity contribution is 5.75. The topological polar surface area (TPSA) is 58.1 Å². The Bertz CT molecular complexity index is 687. The lowest BCUT2D eigenvalue weighted by Crippen LogP contribution is -2.39. The van der Waals surface area contributed by atoms with Gasteiger partial charge in [0.1, 0.15) is 5.82 Å². The Hall–Kier alpha value is -2.43. The third kappa shape index (κ3) is 3.33. The Morgan fingerprint density at radius 1 is 1.26 bits per heavy atom. The maximum absolute atomic E-state index is 12.6. The van der Waals surface area contributed by atoms with Crippen LogP contribution in [-0.4, -0.2) is 27.4 Å². The van der Waals surface area contributed by atoms with Crippen molar-refractivity contribution in [3.8, 4) is 0 Å². The first kappa shape index (κ1) is 15.5. The standard InChI is InChI=1S/C18H22N4O/c1-13-6-3-7-15(14(13)2)16-8-4-11-22(16)18(23)21-12-17-19-9-5-10-20-17/h3,5-7,9-10,16H,4,8,11-12H2,1-2H3,(H,21,23). The first-order valence-corrected chi connectivity index (χ1v) is 8.03. The summed E-state index contributed by atoms with van der Waals surface area (Å²) in [6, 6.07) is 8.21. The predicted molar refractivity (Wildman–Crippen MR) is 88.9 cm³/mol. The van der Waals surface area contributed by atoms with Crippen LogP contribution >= 0.6 is 0 Å². The second kappa shape index (κ2) is 6.77. The van der Waals surface area contributed by atoms with Crippen LogP contribution in [0.15, 0.2) is 36.7 Å². The van der Waals surface area contributed by atoms with E-state index in [1.807, 2.05) is 4.90 Å². The van der Waals surface area contributed by atoms with Crippen LogP contribution in [0.4, 0.5) is 4.79 Å². The molecule has 5 heteroatoms. The fourth-order valence-corrected chi connectivity index (χ4v) is 3.15. The molecule has 1 unspecified atom stereocenters. The summed E-state index contributed by atoms with van der Waals surface area (Å²) < 4.78 is 0. The third-order valence-electron chi connectivity index (χ3n) is 4.54. The quantitative estimate of drug-likeness (QED) is 0.947. The second-order valence-corrected chi connectivity index (χ2v) is 5.96. The Morgan fingerprint density at radius 3 is 2.83 bits per heavy atom. The molecule has 23 heavy (non-hydrogen) atoms.